The zero-order chi connectivity index (χ0) is 14.0. The van der Waals surface area contributed by atoms with Crippen LogP contribution in [0.5, 0.6) is 5.88 Å². The number of nitrogens with zero attached hydrogens (tertiary/aromatic N) is 2. The van der Waals surface area contributed by atoms with Gasteiger partial charge in [0.15, 0.2) is 0 Å². The smallest absolute Gasteiger partial charge is 0.232 e. The molecular weight excluding hydrogens is 236 g/mol. The van der Waals surface area contributed by atoms with Crippen LogP contribution in [0.25, 0.3) is 0 Å². The molecule has 1 heterocycles. The Morgan fingerprint density at radius 1 is 1.42 bits per heavy atom. The molecule has 0 amide bonds. The number of fused-ring (bicyclic) bond motifs is 1. The predicted octanol–water partition coefficient (Wildman–Crippen LogP) is 3.52. The first-order chi connectivity index (χ1) is 9.04. The Bertz CT molecular complexity index is 553. The third-order valence-electron chi connectivity index (χ3n) is 3.38. The van der Waals surface area contributed by atoms with Crippen LogP contribution in [0.1, 0.15) is 55.5 Å². The fraction of sp³-hybridized carbons (Fsp3) is 0.500. The summed E-state index contributed by atoms with van der Waals surface area (Å²) in [5, 5.41) is 9.38. The molecule has 3 heteroatoms. The highest BCUT2D eigenvalue weighted by molar-refractivity contribution is 5.53. The van der Waals surface area contributed by atoms with E-state index < -0.39 is 0 Å². The van der Waals surface area contributed by atoms with Crippen molar-refractivity contribution in [3.05, 3.63) is 34.5 Å². The maximum Gasteiger partial charge on any atom is 0.232 e. The number of rotatable bonds is 4. The Labute approximate surface area is 114 Å². The largest absolute Gasteiger partial charge is 0.472 e. The van der Waals surface area contributed by atoms with Crippen LogP contribution in [0.3, 0.4) is 0 Å². The zero-order valence-corrected chi connectivity index (χ0v) is 11.9. The Morgan fingerprint density at radius 2 is 2.11 bits per heavy atom. The van der Waals surface area contributed by atoms with Crippen LogP contribution in [0, 0.1) is 11.3 Å². The van der Waals surface area contributed by atoms with Gasteiger partial charge in [-0.3, -0.25) is 0 Å². The number of ether oxygens (including phenoxy) is 1. The molecule has 19 heavy (non-hydrogen) atoms. The number of aromatic nitrogens is 1. The lowest BCUT2D eigenvalue weighted by molar-refractivity contribution is 0.335. The van der Waals surface area contributed by atoms with Crippen molar-refractivity contribution in [2.45, 2.75) is 46.0 Å². The molecule has 1 aromatic heterocycles. The fourth-order valence-corrected chi connectivity index (χ4v) is 2.55. The van der Waals surface area contributed by atoms with E-state index in [-0.39, 0.29) is 0 Å². The van der Waals surface area contributed by atoms with E-state index in [0.717, 1.165) is 36.1 Å². The van der Waals surface area contributed by atoms with Crippen molar-refractivity contribution in [3.8, 4) is 11.9 Å². The van der Waals surface area contributed by atoms with E-state index in [4.69, 9.17) is 4.74 Å². The lowest BCUT2D eigenvalue weighted by atomic mass is 9.98. The van der Waals surface area contributed by atoms with Gasteiger partial charge >= 0.3 is 0 Å². The van der Waals surface area contributed by atoms with Crippen LogP contribution in [0.4, 0.5) is 0 Å². The zero-order valence-electron chi connectivity index (χ0n) is 11.9. The van der Waals surface area contributed by atoms with Gasteiger partial charge in [-0.15, -0.1) is 0 Å². The minimum Gasteiger partial charge on any atom is -0.472 e. The number of hydrogen-bond donors (Lipinski definition) is 0. The van der Waals surface area contributed by atoms with E-state index in [9.17, 15) is 5.26 Å². The van der Waals surface area contributed by atoms with Crippen molar-refractivity contribution in [2.75, 3.05) is 6.61 Å². The van der Waals surface area contributed by atoms with Gasteiger partial charge in [-0.2, -0.15) is 5.26 Å². The summed E-state index contributed by atoms with van der Waals surface area (Å²) in [5.41, 5.74) is 5.06. The average Bonchev–Trinajstić information content (AvgIpc) is 2.83. The summed E-state index contributed by atoms with van der Waals surface area (Å²) in [6, 6.07) is 2.27. The van der Waals surface area contributed by atoms with Crippen LogP contribution >= 0.6 is 0 Å². The Morgan fingerprint density at radius 3 is 2.68 bits per heavy atom. The molecule has 2 rings (SSSR count). The van der Waals surface area contributed by atoms with Crippen molar-refractivity contribution < 1.29 is 4.74 Å². The second-order valence-electron chi connectivity index (χ2n) is 5.50. The standard InChI is InChI=1S/C16H20N2O/c1-10(2)9-19-16-14(8-17)12-6-5-7-13(12)15(18-16)11(3)4/h11H,1,5-7,9H2,2-4H3. The molecule has 1 aliphatic rings. The topological polar surface area (TPSA) is 45.9 Å². The maximum absolute atomic E-state index is 9.38. The predicted molar refractivity (Wildman–Crippen MR) is 75.4 cm³/mol. The van der Waals surface area contributed by atoms with Gasteiger partial charge in [-0.05, 0) is 48.8 Å². The summed E-state index contributed by atoms with van der Waals surface area (Å²) in [5.74, 6) is 0.835. The normalized spacial score (nSPS) is 13.2. The first kappa shape index (κ1) is 13.6. The maximum atomic E-state index is 9.38. The molecule has 0 aromatic carbocycles. The highest BCUT2D eigenvalue weighted by atomic mass is 16.5. The molecule has 0 bridgehead atoms. The van der Waals surface area contributed by atoms with Crippen LogP contribution in [0.2, 0.25) is 0 Å². The van der Waals surface area contributed by atoms with Gasteiger partial charge in [0.05, 0.1) is 5.69 Å². The van der Waals surface area contributed by atoms with E-state index in [1.807, 2.05) is 6.92 Å². The van der Waals surface area contributed by atoms with Gasteiger partial charge in [0.2, 0.25) is 5.88 Å². The monoisotopic (exact) mass is 256 g/mol. The molecule has 0 saturated heterocycles. The van der Waals surface area contributed by atoms with E-state index in [1.165, 1.54) is 5.56 Å². The molecule has 0 N–H and O–H groups in total. The van der Waals surface area contributed by atoms with E-state index in [0.29, 0.717) is 24.0 Å². The first-order valence-corrected chi connectivity index (χ1v) is 6.77. The van der Waals surface area contributed by atoms with E-state index in [1.54, 1.807) is 0 Å². The Kier molecular flexibility index (Phi) is 3.90. The van der Waals surface area contributed by atoms with Crippen LogP contribution in [0.15, 0.2) is 12.2 Å². The molecule has 1 aromatic rings. The summed E-state index contributed by atoms with van der Waals surface area (Å²) in [4.78, 5) is 4.60. The average molecular weight is 256 g/mol. The van der Waals surface area contributed by atoms with Gasteiger partial charge in [0.1, 0.15) is 18.2 Å². The highest BCUT2D eigenvalue weighted by Crippen LogP contribution is 2.35. The SMILES string of the molecule is C=C(C)COc1nc(C(C)C)c2c(c1C#N)CCC2. The molecule has 0 atom stereocenters. The molecule has 0 unspecified atom stereocenters. The quantitative estimate of drug-likeness (QED) is 0.774. The lowest BCUT2D eigenvalue weighted by Crippen LogP contribution is -2.08. The van der Waals surface area contributed by atoms with Crippen molar-refractivity contribution >= 4 is 0 Å². The molecule has 0 saturated carbocycles. The van der Waals surface area contributed by atoms with Crippen molar-refractivity contribution in [1.82, 2.24) is 4.98 Å². The van der Waals surface area contributed by atoms with Crippen LogP contribution in [-0.4, -0.2) is 11.6 Å². The number of hydrogen-bond acceptors (Lipinski definition) is 3. The van der Waals surface area contributed by atoms with Crippen LogP contribution in [-0.2, 0) is 12.8 Å². The third-order valence-corrected chi connectivity index (χ3v) is 3.38. The number of nitriles is 1. The molecule has 0 radical (unpaired) electrons. The summed E-state index contributed by atoms with van der Waals surface area (Å²) < 4.78 is 5.67. The lowest BCUT2D eigenvalue weighted by Gasteiger charge is -2.16. The summed E-state index contributed by atoms with van der Waals surface area (Å²) in [6.07, 6.45) is 3.10. The number of pyridine rings is 1. The summed E-state index contributed by atoms with van der Waals surface area (Å²) in [6.45, 7) is 10.4. The molecule has 0 fully saturated rings. The van der Waals surface area contributed by atoms with Crippen molar-refractivity contribution in [3.63, 3.8) is 0 Å². The molecule has 100 valence electrons. The Hall–Kier alpha value is -1.82. The third kappa shape index (κ3) is 2.63. The van der Waals surface area contributed by atoms with Gasteiger partial charge < -0.3 is 4.74 Å². The minimum atomic E-state index is 0.353. The van der Waals surface area contributed by atoms with Crippen molar-refractivity contribution in [2.24, 2.45) is 0 Å². The van der Waals surface area contributed by atoms with E-state index in [2.05, 4.69) is 31.5 Å². The Balaban J connectivity index is 2.51. The fourth-order valence-electron chi connectivity index (χ4n) is 2.55. The van der Waals surface area contributed by atoms with Gasteiger partial charge in [-0.1, -0.05) is 20.4 Å². The molecule has 0 aliphatic heterocycles. The first-order valence-electron chi connectivity index (χ1n) is 6.77. The van der Waals surface area contributed by atoms with Gasteiger partial charge in [-0.25, -0.2) is 4.98 Å². The second-order valence-corrected chi connectivity index (χ2v) is 5.50. The molecule has 3 nitrogen and oxygen atoms in total. The molecule has 1 aliphatic carbocycles. The second kappa shape index (κ2) is 5.44. The highest BCUT2D eigenvalue weighted by Gasteiger charge is 2.25. The molecular formula is C16H20N2O. The van der Waals surface area contributed by atoms with Gasteiger partial charge in [0.25, 0.3) is 0 Å². The summed E-state index contributed by atoms with van der Waals surface area (Å²) in [7, 11) is 0. The molecule has 0 spiro atoms. The summed E-state index contributed by atoms with van der Waals surface area (Å²) >= 11 is 0. The van der Waals surface area contributed by atoms with E-state index >= 15 is 0 Å². The van der Waals surface area contributed by atoms with Crippen LogP contribution < -0.4 is 4.74 Å². The van der Waals surface area contributed by atoms with Gasteiger partial charge in [0, 0.05) is 0 Å². The van der Waals surface area contributed by atoms with Crippen molar-refractivity contribution in [1.29, 1.82) is 5.26 Å². The minimum absolute atomic E-state index is 0.353.